The van der Waals surface area contributed by atoms with Crippen LogP contribution in [0.4, 0.5) is 0 Å². The highest BCUT2D eigenvalue weighted by molar-refractivity contribution is 5.93. The fourth-order valence-electron chi connectivity index (χ4n) is 2.79. The maximum atomic E-state index is 12.0. The van der Waals surface area contributed by atoms with E-state index in [0.29, 0.717) is 5.69 Å². The molecule has 6 nitrogen and oxygen atoms in total. The monoisotopic (exact) mass is 326 g/mol. The third kappa shape index (κ3) is 3.08. The summed E-state index contributed by atoms with van der Waals surface area (Å²) in [7, 11) is 0. The number of hydrogen-bond acceptors (Lipinski definition) is 5. The minimum atomic E-state index is -0.675. The van der Waals surface area contributed by atoms with Crippen LogP contribution in [0.3, 0.4) is 0 Å². The van der Waals surface area contributed by atoms with Gasteiger partial charge in [-0.25, -0.2) is 9.78 Å². The molecule has 1 aromatic heterocycles. The van der Waals surface area contributed by atoms with E-state index in [0.717, 1.165) is 24.2 Å². The Balaban J connectivity index is 2.00. The lowest BCUT2D eigenvalue weighted by Crippen LogP contribution is -2.14. The molecule has 1 aromatic carbocycles. The maximum absolute atomic E-state index is 12.0. The molecule has 2 heterocycles. The summed E-state index contributed by atoms with van der Waals surface area (Å²) in [6.07, 6.45) is 4.87. The van der Waals surface area contributed by atoms with E-state index < -0.39 is 11.9 Å². The number of rotatable bonds is 4. The standard InChI is InChI=1S/C18H18N2O4/c1-3-23-18(22)17(24-12(2)21)10-14-16-9-8-13-6-4-5-7-15(13)20(16)11-19-14/h4-7,10-11H,3,8-9H2,1-2H3/b17-10-. The first-order valence-corrected chi connectivity index (χ1v) is 7.82. The average molecular weight is 326 g/mol. The molecule has 6 heteroatoms. The molecule has 124 valence electrons. The van der Waals surface area contributed by atoms with Crippen molar-refractivity contribution < 1.29 is 19.1 Å². The Hall–Kier alpha value is -2.89. The van der Waals surface area contributed by atoms with Gasteiger partial charge in [0.2, 0.25) is 5.76 Å². The van der Waals surface area contributed by atoms with Gasteiger partial charge < -0.3 is 14.0 Å². The van der Waals surface area contributed by atoms with E-state index in [1.165, 1.54) is 18.6 Å². The van der Waals surface area contributed by atoms with E-state index in [1.54, 1.807) is 13.3 Å². The SMILES string of the molecule is CCOC(=O)/C(=C/c1ncn2c1CCc1ccccc1-2)OC(C)=O. The Labute approximate surface area is 139 Å². The molecule has 0 aliphatic carbocycles. The van der Waals surface area contributed by atoms with E-state index in [2.05, 4.69) is 11.1 Å². The third-order valence-electron chi connectivity index (χ3n) is 3.78. The fraction of sp³-hybridized carbons (Fsp3) is 0.278. The van der Waals surface area contributed by atoms with Crippen molar-refractivity contribution in [3.63, 3.8) is 0 Å². The van der Waals surface area contributed by atoms with Gasteiger partial charge in [0.25, 0.3) is 0 Å². The molecule has 0 radical (unpaired) electrons. The Bertz CT molecular complexity index is 820. The van der Waals surface area contributed by atoms with Crippen molar-refractivity contribution in [3.8, 4) is 5.69 Å². The summed E-state index contributed by atoms with van der Waals surface area (Å²) < 4.78 is 11.9. The summed E-state index contributed by atoms with van der Waals surface area (Å²) >= 11 is 0. The van der Waals surface area contributed by atoms with E-state index in [-0.39, 0.29) is 12.4 Å². The number of carbonyl (C=O) groups is 2. The molecule has 0 bridgehead atoms. The summed E-state index contributed by atoms with van der Waals surface area (Å²) in [5.41, 5.74) is 3.91. The molecule has 0 saturated heterocycles. The van der Waals surface area contributed by atoms with Crippen molar-refractivity contribution in [2.45, 2.75) is 26.7 Å². The van der Waals surface area contributed by atoms with E-state index in [1.807, 2.05) is 22.8 Å². The summed E-state index contributed by atoms with van der Waals surface area (Å²) in [5.74, 6) is -1.40. The van der Waals surface area contributed by atoms with Crippen LogP contribution in [0.15, 0.2) is 36.4 Å². The lowest BCUT2D eigenvalue weighted by molar-refractivity contribution is -0.149. The molecule has 1 aliphatic heterocycles. The van der Waals surface area contributed by atoms with Crippen molar-refractivity contribution in [3.05, 3.63) is 53.3 Å². The van der Waals surface area contributed by atoms with Gasteiger partial charge in [0, 0.05) is 18.7 Å². The number of aryl methyl sites for hydroxylation is 1. The molecule has 0 fully saturated rings. The van der Waals surface area contributed by atoms with Crippen LogP contribution in [0.1, 0.15) is 30.8 Å². The molecule has 0 N–H and O–H groups in total. The van der Waals surface area contributed by atoms with Gasteiger partial charge in [-0.1, -0.05) is 18.2 Å². The Morgan fingerprint density at radius 1 is 1.29 bits per heavy atom. The number of nitrogens with zero attached hydrogens (tertiary/aromatic N) is 2. The van der Waals surface area contributed by atoms with Crippen LogP contribution in [0, 0.1) is 0 Å². The minimum Gasteiger partial charge on any atom is -0.460 e. The van der Waals surface area contributed by atoms with Crippen LogP contribution in [-0.4, -0.2) is 28.1 Å². The second-order valence-corrected chi connectivity index (χ2v) is 5.40. The smallest absolute Gasteiger partial charge is 0.374 e. The lowest BCUT2D eigenvalue weighted by Gasteiger charge is -2.19. The van der Waals surface area contributed by atoms with Gasteiger partial charge in [0.05, 0.1) is 18.0 Å². The number of esters is 2. The van der Waals surface area contributed by atoms with Crippen LogP contribution >= 0.6 is 0 Å². The quantitative estimate of drug-likeness (QED) is 0.490. The molecule has 0 atom stereocenters. The normalized spacial score (nSPS) is 13.0. The number of carbonyl (C=O) groups excluding carboxylic acids is 2. The van der Waals surface area contributed by atoms with Gasteiger partial charge in [0.1, 0.15) is 6.33 Å². The highest BCUT2D eigenvalue weighted by Gasteiger charge is 2.21. The van der Waals surface area contributed by atoms with Crippen molar-refractivity contribution in [2.75, 3.05) is 6.61 Å². The van der Waals surface area contributed by atoms with Crippen LogP contribution in [0.25, 0.3) is 11.8 Å². The number of para-hydroxylation sites is 1. The van der Waals surface area contributed by atoms with Gasteiger partial charge in [-0.2, -0.15) is 0 Å². The first kappa shape index (κ1) is 16.0. The first-order chi connectivity index (χ1) is 11.6. The Kier molecular flexibility index (Phi) is 4.46. The zero-order chi connectivity index (χ0) is 17.1. The van der Waals surface area contributed by atoms with Crippen molar-refractivity contribution in [1.29, 1.82) is 0 Å². The maximum Gasteiger partial charge on any atom is 0.374 e. The highest BCUT2D eigenvalue weighted by atomic mass is 16.6. The minimum absolute atomic E-state index is 0.148. The number of imidazole rings is 1. The number of fused-ring (bicyclic) bond motifs is 3. The van der Waals surface area contributed by atoms with Crippen LogP contribution in [0.2, 0.25) is 0 Å². The molecule has 0 amide bonds. The number of benzene rings is 1. The molecule has 2 aromatic rings. The summed E-state index contributed by atoms with van der Waals surface area (Å²) in [4.78, 5) is 27.6. The molecule has 0 spiro atoms. The van der Waals surface area contributed by atoms with Crippen molar-refractivity contribution in [2.24, 2.45) is 0 Å². The molecule has 3 rings (SSSR count). The van der Waals surface area contributed by atoms with Gasteiger partial charge in [-0.3, -0.25) is 4.79 Å². The number of hydrogen-bond donors (Lipinski definition) is 0. The largest absolute Gasteiger partial charge is 0.460 e. The van der Waals surface area contributed by atoms with Crippen molar-refractivity contribution >= 4 is 18.0 Å². The first-order valence-electron chi connectivity index (χ1n) is 7.82. The second-order valence-electron chi connectivity index (χ2n) is 5.40. The van der Waals surface area contributed by atoms with E-state index in [9.17, 15) is 9.59 Å². The zero-order valence-electron chi connectivity index (χ0n) is 13.6. The molecular weight excluding hydrogens is 308 g/mol. The predicted molar refractivity (Wildman–Crippen MR) is 87.3 cm³/mol. The summed E-state index contributed by atoms with van der Waals surface area (Å²) in [6.45, 7) is 3.14. The molecule has 0 saturated carbocycles. The molecule has 0 unspecified atom stereocenters. The van der Waals surface area contributed by atoms with Gasteiger partial charge >= 0.3 is 11.9 Å². The fourth-order valence-corrected chi connectivity index (χ4v) is 2.79. The van der Waals surface area contributed by atoms with Gasteiger partial charge in [-0.05, 0) is 31.4 Å². The summed E-state index contributed by atoms with van der Waals surface area (Å²) in [6, 6.07) is 8.12. The summed E-state index contributed by atoms with van der Waals surface area (Å²) in [5, 5.41) is 0. The second kappa shape index (κ2) is 6.70. The van der Waals surface area contributed by atoms with Crippen LogP contribution in [0.5, 0.6) is 0 Å². The van der Waals surface area contributed by atoms with Crippen molar-refractivity contribution in [1.82, 2.24) is 9.55 Å². The zero-order valence-corrected chi connectivity index (χ0v) is 13.6. The van der Waals surface area contributed by atoms with Crippen LogP contribution < -0.4 is 0 Å². The van der Waals surface area contributed by atoms with Crippen LogP contribution in [-0.2, 0) is 31.9 Å². The predicted octanol–water partition coefficient (Wildman–Crippen LogP) is 2.44. The number of aromatic nitrogens is 2. The molecular formula is C18H18N2O4. The number of ether oxygens (including phenoxy) is 2. The lowest BCUT2D eigenvalue weighted by atomic mass is 10.0. The molecule has 24 heavy (non-hydrogen) atoms. The van der Waals surface area contributed by atoms with Gasteiger partial charge in [-0.15, -0.1) is 0 Å². The average Bonchev–Trinajstić information content (AvgIpc) is 2.97. The highest BCUT2D eigenvalue weighted by Crippen LogP contribution is 2.27. The van der Waals surface area contributed by atoms with Gasteiger partial charge in [0.15, 0.2) is 0 Å². The Morgan fingerprint density at radius 3 is 2.83 bits per heavy atom. The Morgan fingerprint density at radius 2 is 2.08 bits per heavy atom. The third-order valence-corrected chi connectivity index (χ3v) is 3.78. The van der Waals surface area contributed by atoms with E-state index in [4.69, 9.17) is 9.47 Å². The molecule has 1 aliphatic rings. The topological polar surface area (TPSA) is 70.4 Å². The van der Waals surface area contributed by atoms with E-state index >= 15 is 0 Å².